The van der Waals surface area contributed by atoms with E-state index >= 15 is 0 Å². The lowest BCUT2D eigenvalue weighted by Crippen LogP contribution is -2.16. The number of aromatic nitrogens is 2. The maximum atomic E-state index is 11.9. The lowest BCUT2D eigenvalue weighted by Gasteiger charge is -2.11. The molecule has 16 heavy (non-hydrogen) atoms. The van der Waals surface area contributed by atoms with Gasteiger partial charge in [-0.25, -0.2) is 4.98 Å². The van der Waals surface area contributed by atoms with Gasteiger partial charge in [-0.1, -0.05) is 0 Å². The van der Waals surface area contributed by atoms with Crippen molar-refractivity contribution in [1.82, 2.24) is 9.97 Å². The molecule has 0 aliphatic carbocycles. The van der Waals surface area contributed by atoms with Gasteiger partial charge in [-0.3, -0.25) is 0 Å². The highest BCUT2D eigenvalue weighted by Crippen LogP contribution is 2.25. The van der Waals surface area contributed by atoms with Crippen LogP contribution in [0.5, 0.6) is 5.88 Å². The van der Waals surface area contributed by atoms with Gasteiger partial charge in [-0.2, -0.15) is 18.2 Å². The summed E-state index contributed by atoms with van der Waals surface area (Å²) in [4.78, 5) is 7.41. The molecule has 0 radical (unpaired) electrons. The van der Waals surface area contributed by atoms with Gasteiger partial charge >= 0.3 is 6.18 Å². The first-order chi connectivity index (χ1) is 7.44. The van der Waals surface area contributed by atoms with Crippen molar-refractivity contribution in [3.63, 3.8) is 0 Å². The second kappa shape index (κ2) is 4.86. The molecule has 0 saturated carbocycles. The molecule has 3 N–H and O–H groups in total. The van der Waals surface area contributed by atoms with Crippen molar-refractivity contribution >= 4 is 11.5 Å². The van der Waals surface area contributed by atoms with E-state index in [1.165, 1.54) is 7.11 Å². The number of nitrogens with zero attached hydrogens (tertiary/aromatic N) is 2. The average molecular weight is 236 g/mol. The highest BCUT2D eigenvalue weighted by molar-refractivity contribution is 5.66. The maximum Gasteiger partial charge on any atom is 0.390 e. The van der Waals surface area contributed by atoms with Crippen LogP contribution in [0.15, 0.2) is 6.33 Å². The number of nitrogens with two attached hydrogens (primary N) is 1. The fourth-order valence-corrected chi connectivity index (χ4v) is 1.01. The third-order valence-electron chi connectivity index (χ3n) is 1.74. The summed E-state index contributed by atoms with van der Waals surface area (Å²) in [6.07, 6.45) is -4.01. The standard InChI is InChI=1S/C8H11F3N4O/c1-16-7-5(12)6(14-4-15-7)13-3-2-8(9,10)11/h4H,2-3,12H2,1H3,(H,13,14,15). The molecular formula is C8H11F3N4O. The highest BCUT2D eigenvalue weighted by Gasteiger charge is 2.26. The lowest BCUT2D eigenvalue weighted by atomic mass is 10.4. The Hall–Kier alpha value is -1.73. The summed E-state index contributed by atoms with van der Waals surface area (Å²) in [6.45, 7) is -0.298. The second-order valence-corrected chi connectivity index (χ2v) is 2.94. The van der Waals surface area contributed by atoms with E-state index in [-0.39, 0.29) is 23.9 Å². The molecule has 0 atom stereocenters. The van der Waals surface area contributed by atoms with Crippen molar-refractivity contribution in [3.8, 4) is 5.88 Å². The van der Waals surface area contributed by atoms with Gasteiger partial charge in [-0.15, -0.1) is 0 Å². The van der Waals surface area contributed by atoms with E-state index in [1.807, 2.05) is 0 Å². The zero-order chi connectivity index (χ0) is 12.2. The molecular weight excluding hydrogens is 225 g/mol. The molecule has 1 aromatic rings. The van der Waals surface area contributed by atoms with Crippen molar-refractivity contribution < 1.29 is 17.9 Å². The molecule has 0 aliphatic rings. The molecule has 1 heterocycles. The lowest BCUT2D eigenvalue weighted by molar-refractivity contribution is -0.131. The van der Waals surface area contributed by atoms with Crippen LogP contribution in [0.4, 0.5) is 24.7 Å². The van der Waals surface area contributed by atoms with Crippen molar-refractivity contribution in [2.45, 2.75) is 12.6 Å². The summed E-state index contributed by atoms with van der Waals surface area (Å²) in [5.41, 5.74) is 5.64. The molecule has 90 valence electrons. The van der Waals surface area contributed by atoms with Crippen LogP contribution in [0.1, 0.15) is 6.42 Å². The molecule has 1 aromatic heterocycles. The topological polar surface area (TPSA) is 73.1 Å². The van der Waals surface area contributed by atoms with E-state index in [2.05, 4.69) is 15.3 Å². The largest absolute Gasteiger partial charge is 0.479 e. The van der Waals surface area contributed by atoms with Crippen LogP contribution < -0.4 is 15.8 Å². The van der Waals surface area contributed by atoms with E-state index in [0.717, 1.165) is 6.33 Å². The number of halogens is 3. The predicted molar refractivity (Wildman–Crippen MR) is 52.2 cm³/mol. The third kappa shape index (κ3) is 3.44. The van der Waals surface area contributed by atoms with Crippen LogP contribution in [0.25, 0.3) is 0 Å². The molecule has 0 aliphatic heterocycles. The fraction of sp³-hybridized carbons (Fsp3) is 0.500. The fourth-order valence-electron chi connectivity index (χ4n) is 1.01. The summed E-state index contributed by atoms with van der Waals surface area (Å²) in [5.74, 6) is 0.264. The number of nitrogens with one attached hydrogen (secondary N) is 1. The van der Waals surface area contributed by atoms with Crippen molar-refractivity contribution in [2.75, 3.05) is 24.7 Å². The Bertz CT molecular complexity index is 356. The van der Waals surface area contributed by atoms with Crippen molar-refractivity contribution in [2.24, 2.45) is 0 Å². The summed E-state index contributed by atoms with van der Waals surface area (Å²) >= 11 is 0. The molecule has 0 bridgehead atoms. The second-order valence-electron chi connectivity index (χ2n) is 2.94. The zero-order valence-electron chi connectivity index (χ0n) is 8.51. The van der Waals surface area contributed by atoms with Crippen molar-refractivity contribution in [1.29, 1.82) is 0 Å². The summed E-state index contributed by atoms with van der Waals surface area (Å²) < 4.78 is 40.4. The molecule has 8 heteroatoms. The van der Waals surface area contributed by atoms with Crippen LogP contribution in [-0.4, -0.2) is 29.8 Å². The van der Waals surface area contributed by atoms with Gasteiger partial charge in [0.1, 0.15) is 12.0 Å². The molecule has 0 fully saturated rings. The molecule has 0 unspecified atom stereocenters. The van der Waals surface area contributed by atoms with Gasteiger partial charge in [0.25, 0.3) is 0 Å². The normalized spacial score (nSPS) is 11.2. The summed E-state index contributed by atoms with van der Waals surface area (Å²) in [6, 6.07) is 0. The zero-order valence-corrected chi connectivity index (χ0v) is 8.51. The quantitative estimate of drug-likeness (QED) is 0.827. The minimum atomic E-state index is -4.21. The monoisotopic (exact) mass is 236 g/mol. The third-order valence-corrected chi connectivity index (χ3v) is 1.74. The Morgan fingerprint density at radius 1 is 1.44 bits per heavy atom. The van der Waals surface area contributed by atoms with Gasteiger partial charge in [0.2, 0.25) is 5.88 Å². The predicted octanol–water partition coefficient (Wildman–Crippen LogP) is 1.43. The first-order valence-electron chi connectivity index (χ1n) is 4.39. The number of hydrogen-bond acceptors (Lipinski definition) is 5. The number of ether oxygens (including phenoxy) is 1. The van der Waals surface area contributed by atoms with Crippen LogP contribution in [0.3, 0.4) is 0 Å². The number of alkyl halides is 3. The van der Waals surface area contributed by atoms with Crippen LogP contribution in [-0.2, 0) is 0 Å². The van der Waals surface area contributed by atoms with Gasteiger partial charge in [0, 0.05) is 6.54 Å². The smallest absolute Gasteiger partial charge is 0.390 e. The minimum Gasteiger partial charge on any atom is -0.479 e. The van der Waals surface area contributed by atoms with Gasteiger partial charge in [-0.05, 0) is 0 Å². The average Bonchev–Trinajstić information content (AvgIpc) is 2.19. The van der Waals surface area contributed by atoms with Gasteiger partial charge in [0.05, 0.1) is 13.5 Å². The van der Waals surface area contributed by atoms with E-state index in [4.69, 9.17) is 10.5 Å². The molecule has 0 saturated heterocycles. The van der Waals surface area contributed by atoms with E-state index in [0.29, 0.717) is 0 Å². The van der Waals surface area contributed by atoms with Gasteiger partial charge < -0.3 is 15.8 Å². The van der Waals surface area contributed by atoms with Crippen LogP contribution >= 0.6 is 0 Å². The molecule has 0 spiro atoms. The van der Waals surface area contributed by atoms with E-state index in [1.54, 1.807) is 0 Å². The van der Waals surface area contributed by atoms with E-state index in [9.17, 15) is 13.2 Å². The number of rotatable bonds is 4. The van der Waals surface area contributed by atoms with Crippen LogP contribution in [0, 0.1) is 0 Å². The van der Waals surface area contributed by atoms with Crippen molar-refractivity contribution in [3.05, 3.63) is 6.33 Å². The SMILES string of the molecule is COc1ncnc(NCCC(F)(F)F)c1N. The maximum absolute atomic E-state index is 11.9. The first-order valence-corrected chi connectivity index (χ1v) is 4.39. The van der Waals surface area contributed by atoms with Crippen LogP contribution in [0.2, 0.25) is 0 Å². The molecule has 0 amide bonds. The number of anilines is 2. The Labute approximate surface area is 89.8 Å². The minimum absolute atomic E-state index is 0.0900. The number of nitrogen functional groups attached to an aromatic ring is 1. The molecule has 1 rings (SSSR count). The molecule has 0 aromatic carbocycles. The Morgan fingerprint density at radius 3 is 2.69 bits per heavy atom. The summed E-state index contributed by atoms with van der Waals surface area (Å²) in [5, 5.41) is 2.47. The molecule has 5 nitrogen and oxygen atoms in total. The van der Waals surface area contributed by atoms with E-state index < -0.39 is 12.6 Å². The number of hydrogen-bond donors (Lipinski definition) is 2. The highest BCUT2D eigenvalue weighted by atomic mass is 19.4. The Kier molecular flexibility index (Phi) is 3.75. The Morgan fingerprint density at radius 2 is 2.12 bits per heavy atom. The first kappa shape index (κ1) is 12.3. The number of methoxy groups -OCH3 is 1. The summed E-state index contributed by atoms with van der Waals surface area (Å²) in [7, 11) is 1.36. The Balaban J connectivity index is 2.61. The van der Waals surface area contributed by atoms with Gasteiger partial charge in [0.15, 0.2) is 5.82 Å².